The first kappa shape index (κ1) is 21.4. The van der Waals surface area contributed by atoms with Crippen molar-refractivity contribution in [3.63, 3.8) is 0 Å². The van der Waals surface area contributed by atoms with Gasteiger partial charge in [0.05, 0.1) is 24.1 Å². The third-order valence-corrected chi connectivity index (χ3v) is 4.81. The Kier molecular flexibility index (Phi) is 6.67. The van der Waals surface area contributed by atoms with Crippen molar-refractivity contribution in [1.82, 2.24) is 14.7 Å². The van der Waals surface area contributed by atoms with Gasteiger partial charge in [0.2, 0.25) is 0 Å². The molecular weight excluding hydrogens is 363 g/mol. The van der Waals surface area contributed by atoms with Crippen molar-refractivity contribution in [2.75, 3.05) is 19.6 Å². The first-order valence-corrected chi connectivity index (χ1v) is 9.07. The van der Waals surface area contributed by atoms with Crippen LogP contribution in [0.25, 0.3) is 0 Å². The maximum absolute atomic E-state index is 12.5. The summed E-state index contributed by atoms with van der Waals surface area (Å²) >= 11 is 0. The van der Waals surface area contributed by atoms with Gasteiger partial charge < -0.3 is 10.0 Å². The van der Waals surface area contributed by atoms with Crippen LogP contribution in [0.15, 0.2) is 10.9 Å². The van der Waals surface area contributed by atoms with Gasteiger partial charge in [-0.3, -0.25) is 9.59 Å². The number of rotatable bonds is 8. The van der Waals surface area contributed by atoms with Crippen molar-refractivity contribution >= 4 is 5.97 Å². The van der Waals surface area contributed by atoms with Gasteiger partial charge in [0.15, 0.2) is 0 Å². The van der Waals surface area contributed by atoms with E-state index in [1.807, 2.05) is 13.8 Å². The molecule has 1 saturated heterocycles. The maximum atomic E-state index is 12.5. The summed E-state index contributed by atoms with van der Waals surface area (Å²) in [7, 11) is 0. The number of halogens is 3. The lowest BCUT2D eigenvalue weighted by atomic mass is 9.97. The van der Waals surface area contributed by atoms with Crippen molar-refractivity contribution in [3.05, 3.63) is 27.7 Å². The first-order valence-electron chi connectivity index (χ1n) is 9.07. The highest BCUT2D eigenvalue weighted by Gasteiger charge is 2.46. The van der Waals surface area contributed by atoms with E-state index in [2.05, 4.69) is 5.10 Å². The summed E-state index contributed by atoms with van der Waals surface area (Å²) in [6.45, 7) is 5.83. The molecule has 2 heterocycles. The number of aliphatic carboxylic acids is 1. The van der Waals surface area contributed by atoms with Crippen LogP contribution in [0.5, 0.6) is 0 Å². The number of aryl methyl sites for hydroxylation is 1. The summed E-state index contributed by atoms with van der Waals surface area (Å²) in [6, 6.07) is 1.62. The molecule has 0 aliphatic carbocycles. The fourth-order valence-electron chi connectivity index (χ4n) is 3.25. The molecule has 0 aromatic carbocycles. The molecule has 0 saturated carbocycles. The van der Waals surface area contributed by atoms with Gasteiger partial charge in [0.25, 0.3) is 5.56 Å². The van der Waals surface area contributed by atoms with E-state index in [9.17, 15) is 27.9 Å². The number of carboxylic acids is 1. The number of hydrogen-bond donors (Lipinski definition) is 1. The van der Waals surface area contributed by atoms with Crippen molar-refractivity contribution in [1.29, 1.82) is 0 Å². The van der Waals surface area contributed by atoms with Crippen LogP contribution in [0.4, 0.5) is 13.2 Å². The average Bonchev–Trinajstić information content (AvgIpc) is 2.47. The van der Waals surface area contributed by atoms with E-state index in [-0.39, 0.29) is 31.1 Å². The highest BCUT2D eigenvalue weighted by atomic mass is 19.4. The quantitative estimate of drug-likeness (QED) is 0.739. The molecule has 2 rings (SSSR count). The van der Waals surface area contributed by atoms with E-state index in [1.54, 1.807) is 17.9 Å². The lowest BCUT2D eigenvalue weighted by Gasteiger charge is -2.40. The molecule has 0 unspecified atom stereocenters. The van der Waals surface area contributed by atoms with E-state index in [1.165, 1.54) is 4.68 Å². The lowest BCUT2D eigenvalue weighted by Crippen LogP contribution is -2.53. The van der Waals surface area contributed by atoms with Crippen LogP contribution in [-0.2, 0) is 17.8 Å². The second kappa shape index (κ2) is 8.41. The summed E-state index contributed by atoms with van der Waals surface area (Å²) in [5.74, 6) is -2.79. The molecule has 0 amide bonds. The van der Waals surface area contributed by atoms with Gasteiger partial charge in [-0.1, -0.05) is 13.8 Å². The topological polar surface area (TPSA) is 75.4 Å². The molecule has 0 spiro atoms. The Morgan fingerprint density at radius 1 is 1.37 bits per heavy atom. The van der Waals surface area contributed by atoms with Gasteiger partial charge in [-0.25, -0.2) is 4.68 Å². The second-order valence-electron chi connectivity index (χ2n) is 7.72. The first-order chi connectivity index (χ1) is 12.5. The number of nitrogens with zero attached hydrogens (tertiary/aromatic N) is 3. The fourth-order valence-corrected chi connectivity index (χ4v) is 3.25. The minimum absolute atomic E-state index is 0.0130. The number of carbonyl (C=O) groups is 1. The third-order valence-electron chi connectivity index (χ3n) is 4.81. The molecule has 1 atom stereocenters. The van der Waals surface area contributed by atoms with Gasteiger partial charge in [0.1, 0.15) is 0 Å². The van der Waals surface area contributed by atoms with Crippen molar-refractivity contribution in [2.45, 2.75) is 46.3 Å². The zero-order valence-corrected chi connectivity index (χ0v) is 15.8. The van der Waals surface area contributed by atoms with Crippen LogP contribution in [0.3, 0.4) is 0 Å². The summed E-state index contributed by atoms with van der Waals surface area (Å²) < 4.78 is 38.8. The molecule has 9 heteroatoms. The van der Waals surface area contributed by atoms with Crippen molar-refractivity contribution in [3.8, 4) is 0 Å². The zero-order valence-electron chi connectivity index (χ0n) is 15.8. The molecule has 1 aliphatic rings. The molecule has 6 nitrogen and oxygen atoms in total. The van der Waals surface area contributed by atoms with Gasteiger partial charge in [-0.2, -0.15) is 18.3 Å². The smallest absolute Gasteiger partial charge is 0.394 e. The van der Waals surface area contributed by atoms with Crippen LogP contribution in [-0.4, -0.2) is 51.6 Å². The van der Waals surface area contributed by atoms with Crippen LogP contribution < -0.4 is 5.56 Å². The highest BCUT2D eigenvalue weighted by molar-refractivity contribution is 5.69. The Morgan fingerprint density at radius 2 is 2.00 bits per heavy atom. The molecule has 0 radical (unpaired) electrons. The normalized spacial score (nSPS) is 17.1. The number of hydrogen-bond acceptors (Lipinski definition) is 4. The minimum atomic E-state index is -4.15. The molecule has 152 valence electrons. The lowest BCUT2D eigenvalue weighted by molar-refractivity contribution is -0.208. The van der Waals surface area contributed by atoms with Gasteiger partial charge >= 0.3 is 12.1 Å². The molecule has 1 N–H and O–H groups in total. The van der Waals surface area contributed by atoms with E-state index in [0.717, 1.165) is 0 Å². The van der Waals surface area contributed by atoms with E-state index in [0.29, 0.717) is 30.6 Å². The summed E-state index contributed by atoms with van der Waals surface area (Å²) in [6.07, 6.45) is -3.31. The Bertz CT molecular complexity index is 725. The molecule has 1 fully saturated rings. The van der Waals surface area contributed by atoms with E-state index < -0.39 is 24.0 Å². The molecule has 1 aromatic rings. The summed E-state index contributed by atoms with van der Waals surface area (Å²) in [5.41, 5.74) is 0.691. The Hall–Kier alpha value is -1.90. The monoisotopic (exact) mass is 389 g/mol. The van der Waals surface area contributed by atoms with Crippen molar-refractivity contribution in [2.24, 2.45) is 17.8 Å². The molecule has 1 aliphatic heterocycles. The SMILES string of the molecule is Cc1cc(CCN2CC(C(F)(F)F)C2)nn(C[C@H](CC(C)C)C(=O)O)c1=O. The van der Waals surface area contributed by atoms with Crippen LogP contribution in [0.2, 0.25) is 0 Å². The van der Waals surface area contributed by atoms with Gasteiger partial charge in [-0.15, -0.1) is 0 Å². The molecule has 0 bridgehead atoms. The molecule has 1 aromatic heterocycles. The van der Waals surface area contributed by atoms with Gasteiger partial charge in [-0.05, 0) is 25.3 Å². The Morgan fingerprint density at radius 3 is 2.52 bits per heavy atom. The number of likely N-dealkylation sites (tertiary alicyclic amines) is 1. The number of carboxylic acid groups (broad SMARTS) is 1. The standard InChI is InChI=1S/C18H26F3N3O3/c1-11(2)6-13(17(26)27)8-24-16(25)12(3)7-15(22-24)4-5-23-9-14(10-23)18(19,20)21/h7,11,13-14H,4-6,8-10H2,1-3H3,(H,26,27)/t13-/m0/s1. The van der Waals surface area contributed by atoms with Crippen LogP contribution in [0, 0.1) is 24.7 Å². The summed E-state index contributed by atoms with van der Waals surface area (Å²) in [5, 5.41) is 13.6. The predicted octanol–water partition coefficient (Wildman–Crippen LogP) is 2.34. The average molecular weight is 389 g/mol. The largest absolute Gasteiger partial charge is 0.481 e. The number of aromatic nitrogens is 2. The minimum Gasteiger partial charge on any atom is -0.481 e. The van der Waals surface area contributed by atoms with E-state index in [4.69, 9.17) is 0 Å². The van der Waals surface area contributed by atoms with Crippen molar-refractivity contribution < 1.29 is 23.1 Å². The predicted molar refractivity (Wildman–Crippen MR) is 93.5 cm³/mol. The fraction of sp³-hybridized carbons (Fsp3) is 0.722. The zero-order chi connectivity index (χ0) is 20.4. The Balaban J connectivity index is 2.03. The third kappa shape index (κ3) is 5.79. The highest BCUT2D eigenvalue weighted by Crippen LogP contribution is 2.33. The van der Waals surface area contributed by atoms with Crippen LogP contribution >= 0.6 is 0 Å². The molecular formula is C18H26F3N3O3. The van der Waals surface area contributed by atoms with E-state index >= 15 is 0 Å². The van der Waals surface area contributed by atoms with Crippen LogP contribution in [0.1, 0.15) is 31.5 Å². The second-order valence-corrected chi connectivity index (χ2v) is 7.72. The summed E-state index contributed by atoms with van der Waals surface area (Å²) in [4.78, 5) is 25.4. The maximum Gasteiger partial charge on any atom is 0.394 e. The van der Waals surface area contributed by atoms with Gasteiger partial charge in [0, 0.05) is 31.6 Å². The Labute approximate surface area is 156 Å². The molecule has 27 heavy (non-hydrogen) atoms. The number of alkyl halides is 3.